The third kappa shape index (κ3) is 6.44. The molecular weight excluding hydrogens is 529 g/mol. The van der Waals surface area contributed by atoms with Gasteiger partial charge in [0.25, 0.3) is 0 Å². The summed E-state index contributed by atoms with van der Waals surface area (Å²) >= 11 is 0. The summed E-state index contributed by atoms with van der Waals surface area (Å²) in [7, 11) is 2.91. The highest BCUT2D eigenvalue weighted by molar-refractivity contribution is 5.77. The highest BCUT2D eigenvalue weighted by atomic mass is 19.1. The van der Waals surface area contributed by atoms with Crippen molar-refractivity contribution in [3.05, 3.63) is 73.0 Å². The van der Waals surface area contributed by atoms with E-state index in [1.165, 1.54) is 20.3 Å². The smallest absolute Gasteiger partial charge is 0.188 e. The van der Waals surface area contributed by atoms with Crippen molar-refractivity contribution < 1.29 is 23.7 Å². The lowest BCUT2D eigenvalue weighted by molar-refractivity contribution is -0.000652. The number of nitrogens with one attached hydrogen (secondary N) is 1. The Morgan fingerprint density at radius 2 is 1.95 bits per heavy atom. The van der Waals surface area contributed by atoms with Crippen LogP contribution in [0.2, 0.25) is 0 Å². The first-order valence-electron chi connectivity index (χ1n) is 13.1. The number of pyridine rings is 1. The number of halogens is 1. The molecule has 4 aromatic heterocycles. The maximum absolute atomic E-state index is 15.6. The quantitative estimate of drug-likeness (QED) is 0.227. The van der Waals surface area contributed by atoms with Crippen LogP contribution in [-0.2, 0) is 17.8 Å². The summed E-state index contributed by atoms with van der Waals surface area (Å²) < 4.78 is 33.6. The number of rotatable bonds is 12. The van der Waals surface area contributed by atoms with Crippen molar-refractivity contribution >= 4 is 22.7 Å². The summed E-state index contributed by atoms with van der Waals surface area (Å²) in [4.78, 5) is 23.1. The number of aliphatic hydroxyl groups excluding tert-OH is 1. The fourth-order valence-electron chi connectivity index (χ4n) is 4.33. The maximum Gasteiger partial charge on any atom is 0.188 e. The Morgan fingerprint density at radius 1 is 1.10 bits per heavy atom. The average molecular weight is 562 g/mol. The fourth-order valence-corrected chi connectivity index (χ4v) is 4.33. The molecule has 11 nitrogen and oxygen atoms in total. The van der Waals surface area contributed by atoms with Crippen molar-refractivity contribution in [2.75, 3.05) is 25.7 Å². The van der Waals surface area contributed by atoms with Crippen molar-refractivity contribution in [2.24, 2.45) is 0 Å². The first kappa shape index (κ1) is 28.0. The monoisotopic (exact) mass is 561 g/mol. The first-order valence-corrected chi connectivity index (χ1v) is 13.1. The van der Waals surface area contributed by atoms with Gasteiger partial charge < -0.3 is 33.8 Å². The normalized spacial score (nSPS) is 12.2. The van der Waals surface area contributed by atoms with Crippen molar-refractivity contribution in [3.63, 3.8) is 0 Å². The minimum absolute atomic E-state index is 0.0389. The molecule has 0 saturated heterocycles. The molecule has 0 fully saturated rings. The number of anilines is 2. The largest absolute Gasteiger partial charge is 0.497 e. The number of hydrogen-bond donors (Lipinski definition) is 2. The Bertz CT molecular complexity index is 1610. The van der Waals surface area contributed by atoms with Crippen LogP contribution in [-0.4, -0.2) is 67.6 Å². The molecule has 1 unspecified atom stereocenters. The molecular formula is C29H32FN7O4. The number of methoxy groups -OCH3 is 2. The fraction of sp³-hybridized carbons (Fsp3) is 0.310. The van der Waals surface area contributed by atoms with E-state index in [0.717, 1.165) is 5.56 Å². The van der Waals surface area contributed by atoms with E-state index in [2.05, 4.69) is 15.0 Å². The van der Waals surface area contributed by atoms with Crippen LogP contribution in [0, 0.1) is 5.82 Å². The number of ether oxygens (including phenoxy) is 3. The number of nitrogens with zero attached hydrogens (tertiary/aromatic N) is 6. The predicted molar refractivity (Wildman–Crippen MR) is 152 cm³/mol. The van der Waals surface area contributed by atoms with Crippen LogP contribution in [0.3, 0.4) is 0 Å². The average Bonchev–Trinajstić information content (AvgIpc) is 3.67. The van der Waals surface area contributed by atoms with E-state index in [-0.39, 0.29) is 30.7 Å². The number of aromatic amines is 1. The molecule has 0 aliphatic rings. The van der Waals surface area contributed by atoms with Crippen LogP contribution in [0.1, 0.15) is 19.7 Å². The molecule has 0 amide bonds. The zero-order chi connectivity index (χ0) is 28.9. The molecule has 2 N–H and O–H groups in total. The highest BCUT2D eigenvalue weighted by Crippen LogP contribution is 2.37. The van der Waals surface area contributed by atoms with Gasteiger partial charge in [-0.05, 0) is 32.0 Å². The zero-order valence-corrected chi connectivity index (χ0v) is 23.3. The summed E-state index contributed by atoms with van der Waals surface area (Å²) in [5, 5.41) is 10.3. The van der Waals surface area contributed by atoms with Gasteiger partial charge in [0.05, 0.1) is 63.7 Å². The van der Waals surface area contributed by atoms with Crippen LogP contribution < -0.4 is 14.4 Å². The van der Waals surface area contributed by atoms with E-state index in [9.17, 15) is 5.11 Å². The van der Waals surface area contributed by atoms with Gasteiger partial charge in [0.2, 0.25) is 0 Å². The van der Waals surface area contributed by atoms with Crippen molar-refractivity contribution in [1.82, 2.24) is 29.5 Å². The van der Waals surface area contributed by atoms with Crippen LogP contribution in [0.15, 0.2) is 61.3 Å². The lowest BCUT2D eigenvalue weighted by Crippen LogP contribution is -2.23. The van der Waals surface area contributed by atoms with E-state index in [0.29, 0.717) is 40.8 Å². The summed E-state index contributed by atoms with van der Waals surface area (Å²) in [6, 6.07) is 8.50. The van der Waals surface area contributed by atoms with Crippen molar-refractivity contribution in [3.8, 4) is 22.8 Å². The van der Waals surface area contributed by atoms with Gasteiger partial charge in [-0.1, -0.05) is 0 Å². The highest BCUT2D eigenvalue weighted by Gasteiger charge is 2.22. The van der Waals surface area contributed by atoms with Gasteiger partial charge in [0, 0.05) is 42.5 Å². The molecule has 0 saturated carbocycles. The van der Waals surface area contributed by atoms with Gasteiger partial charge in [-0.25, -0.2) is 19.3 Å². The molecule has 1 aromatic carbocycles. The summed E-state index contributed by atoms with van der Waals surface area (Å²) in [6.07, 6.45) is 8.17. The molecule has 0 radical (unpaired) electrons. The van der Waals surface area contributed by atoms with Crippen molar-refractivity contribution in [2.45, 2.75) is 39.1 Å². The summed E-state index contributed by atoms with van der Waals surface area (Å²) in [5.41, 5.74) is 2.60. The molecule has 5 rings (SSSR count). The number of aliphatic hydroxyl groups is 1. The van der Waals surface area contributed by atoms with E-state index in [1.54, 1.807) is 41.7 Å². The second kappa shape index (κ2) is 12.3. The lowest BCUT2D eigenvalue weighted by atomic mass is 10.2. The molecule has 0 aliphatic carbocycles. The number of fused-ring (bicyclic) bond motifs is 1. The van der Waals surface area contributed by atoms with Crippen molar-refractivity contribution in [1.29, 1.82) is 0 Å². The summed E-state index contributed by atoms with van der Waals surface area (Å²) in [6.45, 7) is 4.68. The number of aromatic nitrogens is 6. The second-order valence-corrected chi connectivity index (χ2v) is 9.69. The molecule has 5 aromatic rings. The number of imidazole rings is 1. The van der Waals surface area contributed by atoms with Gasteiger partial charge in [0.15, 0.2) is 17.2 Å². The van der Waals surface area contributed by atoms with Gasteiger partial charge >= 0.3 is 0 Å². The second-order valence-electron chi connectivity index (χ2n) is 9.69. The maximum atomic E-state index is 15.6. The third-order valence-electron chi connectivity index (χ3n) is 6.36. The third-order valence-corrected chi connectivity index (χ3v) is 6.36. The van der Waals surface area contributed by atoms with Gasteiger partial charge in [-0.3, -0.25) is 4.98 Å². The van der Waals surface area contributed by atoms with Crippen LogP contribution in [0.25, 0.3) is 22.4 Å². The molecule has 1 atom stereocenters. The minimum Gasteiger partial charge on any atom is -0.497 e. The van der Waals surface area contributed by atoms with Crippen LogP contribution in [0.5, 0.6) is 11.5 Å². The molecule has 41 heavy (non-hydrogen) atoms. The number of H-pyrrole nitrogens is 1. The van der Waals surface area contributed by atoms with Gasteiger partial charge in [-0.2, -0.15) is 0 Å². The number of hydrogen-bond acceptors (Lipinski definition) is 9. The van der Waals surface area contributed by atoms with E-state index < -0.39 is 11.9 Å². The Hall–Kier alpha value is -4.55. The molecule has 4 heterocycles. The Labute approximate surface area is 236 Å². The predicted octanol–water partition coefficient (Wildman–Crippen LogP) is 4.50. The van der Waals surface area contributed by atoms with E-state index in [4.69, 9.17) is 24.2 Å². The molecule has 0 spiro atoms. The molecule has 12 heteroatoms. The molecule has 0 bridgehead atoms. The Morgan fingerprint density at radius 3 is 2.68 bits per heavy atom. The van der Waals surface area contributed by atoms with Crippen LogP contribution in [0.4, 0.5) is 15.9 Å². The Kier molecular flexibility index (Phi) is 8.41. The molecule has 214 valence electrons. The zero-order valence-electron chi connectivity index (χ0n) is 23.3. The summed E-state index contributed by atoms with van der Waals surface area (Å²) in [5.74, 6) is 0.938. The Balaban J connectivity index is 1.49. The SMILES string of the molecule is COc1cc(OC)c(F)c(N(Cc2ncc[nH]2)c2ccc3ncc(-c4ccn(CC(O)COC(C)C)c4)nc3n2)c1. The standard InChI is InChI=1S/C29H32FN7O4/c1-18(2)41-17-20(38)15-36-10-7-19(14-36)23-13-33-22-5-6-27(35-29(22)34-23)37(16-26-31-8-9-32-26)24-11-21(39-3)12-25(40-4)28(24)30/h5-14,18,20,38H,15-17H2,1-4H3,(H,31,32). The van der Waals surface area contributed by atoms with E-state index >= 15 is 4.39 Å². The molecule has 0 aliphatic heterocycles. The van der Waals surface area contributed by atoms with E-state index in [1.807, 2.05) is 36.9 Å². The minimum atomic E-state index is -0.639. The van der Waals surface area contributed by atoms with Gasteiger partial charge in [-0.15, -0.1) is 0 Å². The lowest BCUT2D eigenvalue weighted by Gasteiger charge is -2.25. The topological polar surface area (TPSA) is 123 Å². The number of benzene rings is 1. The van der Waals surface area contributed by atoms with Crippen LogP contribution >= 0.6 is 0 Å². The first-order chi connectivity index (χ1) is 19.8. The van der Waals surface area contributed by atoms with Gasteiger partial charge in [0.1, 0.15) is 22.9 Å².